The van der Waals surface area contributed by atoms with Gasteiger partial charge in [-0.1, -0.05) is 39.2 Å². The van der Waals surface area contributed by atoms with Gasteiger partial charge in [0.25, 0.3) is 0 Å². The standard InChI is InChI=1S/C11H20O/c1-3-4-8-11(2)9-6-5-7-10-12/h5,7,10-11H,3-4,6,8-9H2,1-2H3/b7-5+. The second-order valence-electron chi connectivity index (χ2n) is 3.39. The summed E-state index contributed by atoms with van der Waals surface area (Å²) < 4.78 is 0. The van der Waals surface area contributed by atoms with E-state index in [9.17, 15) is 4.79 Å². The normalized spacial score (nSPS) is 13.5. The van der Waals surface area contributed by atoms with Crippen LogP contribution in [0.15, 0.2) is 12.2 Å². The molecule has 0 N–H and O–H groups in total. The molecule has 0 aromatic heterocycles. The Balaban J connectivity index is 3.24. The first-order valence-corrected chi connectivity index (χ1v) is 4.91. The summed E-state index contributed by atoms with van der Waals surface area (Å²) in [6.07, 6.45) is 10.6. The fourth-order valence-electron chi connectivity index (χ4n) is 1.23. The van der Waals surface area contributed by atoms with E-state index >= 15 is 0 Å². The van der Waals surface area contributed by atoms with Gasteiger partial charge in [-0.3, -0.25) is 4.79 Å². The van der Waals surface area contributed by atoms with Gasteiger partial charge in [-0.2, -0.15) is 0 Å². The summed E-state index contributed by atoms with van der Waals surface area (Å²) in [5.41, 5.74) is 0. The van der Waals surface area contributed by atoms with E-state index in [4.69, 9.17) is 0 Å². The third-order valence-corrected chi connectivity index (χ3v) is 2.09. The van der Waals surface area contributed by atoms with Gasteiger partial charge in [0.2, 0.25) is 0 Å². The Hall–Kier alpha value is -0.590. The topological polar surface area (TPSA) is 17.1 Å². The second kappa shape index (κ2) is 8.51. The molecule has 0 saturated heterocycles. The van der Waals surface area contributed by atoms with Crippen LogP contribution in [0, 0.1) is 5.92 Å². The molecule has 12 heavy (non-hydrogen) atoms. The Labute approximate surface area is 75.9 Å². The molecule has 0 rings (SSSR count). The number of carbonyl (C=O) groups excluding carboxylic acids is 1. The van der Waals surface area contributed by atoms with Crippen molar-refractivity contribution in [1.29, 1.82) is 0 Å². The lowest BCUT2D eigenvalue weighted by Gasteiger charge is -2.07. The van der Waals surface area contributed by atoms with Crippen molar-refractivity contribution in [3.8, 4) is 0 Å². The van der Waals surface area contributed by atoms with Gasteiger partial charge in [-0.05, 0) is 24.8 Å². The average molecular weight is 168 g/mol. The van der Waals surface area contributed by atoms with Crippen molar-refractivity contribution < 1.29 is 4.79 Å². The van der Waals surface area contributed by atoms with Gasteiger partial charge in [-0.25, -0.2) is 0 Å². The Kier molecular flexibility index (Phi) is 8.09. The number of rotatable bonds is 7. The lowest BCUT2D eigenvalue weighted by atomic mass is 9.99. The van der Waals surface area contributed by atoms with Gasteiger partial charge in [0.05, 0.1) is 0 Å². The number of hydrogen-bond acceptors (Lipinski definition) is 1. The number of carbonyl (C=O) groups is 1. The zero-order chi connectivity index (χ0) is 9.23. The maximum Gasteiger partial charge on any atom is 0.142 e. The molecule has 0 aromatic rings. The van der Waals surface area contributed by atoms with E-state index in [0.29, 0.717) is 0 Å². The molecule has 0 amide bonds. The average Bonchev–Trinajstić information content (AvgIpc) is 2.09. The zero-order valence-electron chi connectivity index (χ0n) is 8.25. The van der Waals surface area contributed by atoms with Crippen LogP contribution in [0.5, 0.6) is 0 Å². The minimum absolute atomic E-state index is 0.807. The smallest absolute Gasteiger partial charge is 0.142 e. The van der Waals surface area contributed by atoms with Crippen LogP contribution >= 0.6 is 0 Å². The third kappa shape index (κ3) is 7.52. The molecule has 70 valence electrons. The van der Waals surface area contributed by atoms with Crippen LogP contribution in [-0.4, -0.2) is 6.29 Å². The summed E-state index contributed by atoms with van der Waals surface area (Å²) in [5.74, 6) is 0.807. The molecule has 0 spiro atoms. The van der Waals surface area contributed by atoms with Crippen molar-refractivity contribution in [1.82, 2.24) is 0 Å². The molecule has 0 radical (unpaired) electrons. The molecule has 0 bridgehead atoms. The van der Waals surface area contributed by atoms with Gasteiger partial charge in [0.1, 0.15) is 6.29 Å². The molecule has 1 nitrogen and oxygen atoms in total. The van der Waals surface area contributed by atoms with Crippen LogP contribution in [0.3, 0.4) is 0 Å². The fraction of sp³-hybridized carbons (Fsp3) is 0.727. The van der Waals surface area contributed by atoms with Gasteiger partial charge in [-0.15, -0.1) is 0 Å². The summed E-state index contributed by atoms with van der Waals surface area (Å²) in [6.45, 7) is 4.50. The van der Waals surface area contributed by atoms with Crippen LogP contribution in [0.1, 0.15) is 46.0 Å². The Morgan fingerprint density at radius 1 is 1.33 bits per heavy atom. The second-order valence-corrected chi connectivity index (χ2v) is 3.39. The zero-order valence-corrected chi connectivity index (χ0v) is 8.25. The van der Waals surface area contributed by atoms with Crippen molar-refractivity contribution >= 4 is 6.29 Å². The molecule has 0 aliphatic rings. The molecule has 0 fully saturated rings. The Morgan fingerprint density at radius 3 is 2.67 bits per heavy atom. The molecule has 1 heteroatoms. The largest absolute Gasteiger partial charge is 0.299 e. The number of unbranched alkanes of at least 4 members (excludes halogenated alkanes) is 1. The van der Waals surface area contributed by atoms with Crippen molar-refractivity contribution in [2.24, 2.45) is 5.92 Å². The van der Waals surface area contributed by atoms with E-state index in [1.165, 1.54) is 25.7 Å². The molecule has 0 aliphatic heterocycles. The first-order valence-electron chi connectivity index (χ1n) is 4.91. The highest BCUT2D eigenvalue weighted by Gasteiger charge is 1.98. The summed E-state index contributed by atoms with van der Waals surface area (Å²) in [7, 11) is 0. The third-order valence-electron chi connectivity index (χ3n) is 2.09. The first kappa shape index (κ1) is 11.4. The van der Waals surface area contributed by atoms with Crippen LogP contribution < -0.4 is 0 Å². The number of allylic oxidation sites excluding steroid dienone is 2. The fourth-order valence-corrected chi connectivity index (χ4v) is 1.23. The minimum Gasteiger partial charge on any atom is -0.299 e. The van der Waals surface area contributed by atoms with Crippen molar-refractivity contribution in [2.45, 2.75) is 46.0 Å². The van der Waals surface area contributed by atoms with Crippen LogP contribution in [0.2, 0.25) is 0 Å². The quantitative estimate of drug-likeness (QED) is 0.421. The van der Waals surface area contributed by atoms with Crippen molar-refractivity contribution in [3.05, 3.63) is 12.2 Å². The molecular formula is C11H20O. The molecule has 0 heterocycles. The van der Waals surface area contributed by atoms with Crippen molar-refractivity contribution in [2.75, 3.05) is 0 Å². The van der Waals surface area contributed by atoms with Gasteiger partial charge >= 0.3 is 0 Å². The van der Waals surface area contributed by atoms with E-state index in [1.54, 1.807) is 6.08 Å². The van der Waals surface area contributed by atoms with Gasteiger partial charge < -0.3 is 0 Å². The summed E-state index contributed by atoms with van der Waals surface area (Å²) in [6, 6.07) is 0. The van der Waals surface area contributed by atoms with Crippen LogP contribution in [0.4, 0.5) is 0 Å². The highest BCUT2D eigenvalue weighted by Crippen LogP contribution is 2.13. The Bertz CT molecular complexity index is 127. The van der Waals surface area contributed by atoms with E-state index in [0.717, 1.165) is 18.6 Å². The predicted octanol–water partition coefficient (Wildman–Crippen LogP) is 3.35. The maximum absolute atomic E-state index is 9.93. The lowest BCUT2D eigenvalue weighted by molar-refractivity contribution is -0.104. The summed E-state index contributed by atoms with van der Waals surface area (Å²) >= 11 is 0. The minimum atomic E-state index is 0.807. The Morgan fingerprint density at radius 2 is 2.08 bits per heavy atom. The lowest BCUT2D eigenvalue weighted by Crippen LogP contribution is -1.92. The predicted molar refractivity (Wildman–Crippen MR) is 53.1 cm³/mol. The highest BCUT2D eigenvalue weighted by molar-refractivity contribution is 5.64. The summed E-state index contributed by atoms with van der Waals surface area (Å²) in [4.78, 5) is 9.93. The van der Waals surface area contributed by atoms with E-state index < -0.39 is 0 Å². The van der Waals surface area contributed by atoms with Crippen LogP contribution in [0.25, 0.3) is 0 Å². The van der Waals surface area contributed by atoms with E-state index in [-0.39, 0.29) is 0 Å². The van der Waals surface area contributed by atoms with Gasteiger partial charge in [0.15, 0.2) is 0 Å². The monoisotopic (exact) mass is 168 g/mol. The SMILES string of the molecule is CCCCC(C)CC/C=C/C=O. The van der Waals surface area contributed by atoms with Crippen molar-refractivity contribution in [3.63, 3.8) is 0 Å². The molecular weight excluding hydrogens is 148 g/mol. The molecule has 1 atom stereocenters. The molecule has 0 aliphatic carbocycles. The maximum atomic E-state index is 9.93. The molecule has 0 aromatic carbocycles. The summed E-state index contributed by atoms with van der Waals surface area (Å²) in [5, 5.41) is 0. The first-order chi connectivity index (χ1) is 5.81. The van der Waals surface area contributed by atoms with E-state index in [2.05, 4.69) is 13.8 Å². The number of aldehydes is 1. The number of hydrogen-bond donors (Lipinski definition) is 0. The van der Waals surface area contributed by atoms with Crippen LogP contribution in [-0.2, 0) is 4.79 Å². The van der Waals surface area contributed by atoms with Gasteiger partial charge in [0, 0.05) is 0 Å². The van der Waals surface area contributed by atoms with E-state index in [1.807, 2.05) is 6.08 Å². The molecule has 0 saturated carbocycles. The highest BCUT2D eigenvalue weighted by atomic mass is 16.1. The molecule has 1 unspecified atom stereocenters.